The van der Waals surface area contributed by atoms with Gasteiger partial charge in [-0.25, -0.2) is 0 Å². The van der Waals surface area contributed by atoms with Crippen LogP contribution in [0, 0.1) is 11.3 Å². The third kappa shape index (κ3) is 3.57. The molecule has 0 heterocycles. The second kappa shape index (κ2) is 5.74. The SMILES string of the molecule is CC1(C)CC1C(=O)NCC(CCO)c1ccccc1. The van der Waals surface area contributed by atoms with Gasteiger partial charge in [-0.15, -0.1) is 0 Å². The Morgan fingerprint density at radius 3 is 2.58 bits per heavy atom. The van der Waals surface area contributed by atoms with E-state index in [1.54, 1.807) is 0 Å². The van der Waals surface area contributed by atoms with Gasteiger partial charge in [0.1, 0.15) is 0 Å². The fourth-order valence-electron chi connectivity index (χ4n) is 2.53. The highest BCUT2D eigenvalue weighted by atomic mass is 16.3. The molecule has 3 heteroatoms. The Kier molecular flexibility index (Phi) is 4.25. The molecule has 2 unspecified atom stereocenters. The Hall–Kier alpha value is -1.35. The standard InChI is InChI=1S/C16H23NO2/c1-16(2)10-14(16)15(19)17-11-13(8-9-18)12-6-4-3-5-7-12/h3-7,13-14,18H,8-11H2,1-2H3,(H,17,19). The summed E-state index contributed by atoms with van der Waals surface area (Å²) in [6.07, 6.45) is 1.66. The van der Waals surface area contributed by atoms with Gasteiger partial charge >= 0.3 is 0 Å². The molecule has 2 N–H and O–H groups in total. The number of carbonyl (C=O) groups is 1. The number of hydrogen-bond donors (Lipinski definition) is 2. The summed E-state index contributed by atoms with van der Waals surface area (Å²) in [5.74, 6) is 0.513. The average Bonchev–Trinajstić information content (AvgIpc) is 3.04. The van der Waals surface area contributed by atoms with E-state index in [0.717, 1.165) is 6.42 Å². The molecule has 1 fully saturated rings. The van der Waals surface area contributed by atoms with Gasteiger partial charge in [-0.2, -0.15) is 0 Å². The van der Waals surface area contributed by atoms with Crippen LogP contribution in [0.2, 0.25) is 0 Å². The second-order valence-electron chi connectivity index (χ2n) is 6.11. The van der Waals surface area contributed by atoms with Crippen LogP contribution in [-0.4, -0.2) is 24.2 Å². The number of aliphatic hydroxyl groups is 1. The molecule has 1 aliphatic carbocycles. The minimum Gasteiger partial charge on any atom is -0.396 e. The molecule has 2 rings (SSSR count). The smallest absolute Gasteiger partial charge is 0.223 e. The zero-order valence-electron chi connectivity index (χ0n) is 11.7. The predicted octanol–water partition coefficient (Wildman–Crippen LogP) is 2.31. The van der Waals surface area contributed by atoms with E-state index in [0.29, 0.717) is 13.0 Å². The van der Waals surface area contributed by atoms with Crippen molar-refractivity contribution in [3.8, 4) is 0 Å². The first-order valence-electron chi connectivity index (χ1n) is 6.98. The van der Waals surface area contributed by atoms with Crippen LogP contribution in [-0.2, 0) is 4.79 Å². The summed E-state index contributed by atoms with van der Waals surface area (Å²) in [7, 11) is 0. The predicted molar refractivity (Wildman–Crippen MR) is 75.8 cm³/mol. The lowest BCUT2D eigenvalue weighted by atomic mass is 9.96. The van der Waals surface area contributed by atoms with Crippen molar-refractivity contribution in [3.63, 3.8) is 0 Å². The van der Waals surface area contributed by atoms with E-state index >= 15 is 0 Å². The highest BCUT2D eigenvalue weighted by Crippen LogP contribution is 2.51. The van der Waals surface area contributed by atoms with Gasteiger partial charge in [-0.3, -0.25) is 4.79 Å². The molecule has 1 saturated carbocycles. The molecule has 0 aliphatic heterocycles. The normalized spacial score (nSPS) is 21.7. The molecule has 104 valence electrons. The lowest BCUT2D eigenvalue weighted by molar-refractivity contribution is -0.123. The van der Waals surface area contributed by atoms with Crippen LogP contribution < -0.4 is 5.32 Å². The van der Waals surface area contributed by atoms with Gasteiger partial charge in [0, 0.05) is 25.0 Å². The summed E-state index contributed by atoms with van der Waals surface area (Å²) in [5.41, 5.74) is 1.34. The zero-order chi connectivity index (χ0) is 13.9. The van der Waals surface area contributed by atoms with Crippen LogP contribution in [0.5, 0.6) is 0 Å². The topological polar surface area (TPSA) is 49.3 Å². The molecule has 0 radical (unpaired) electrons. The molecule has 1 aromatic carbocycles. The van der Waals surface area contributed by atoms with Crippen LogP contribution in [0.25, 0.3) is 0 Å². The quantitative estimate of drug-likeness (QED) is 0.825. The molecule has 3 nitrogen and oxygen atoms in total. The fraction of sp³-hybridized carbons (Fsp3) is 0.562. The first-order chi connectivity index (χ1) is 9.04. The maximum Gasteiger partial charge on any atom is 0.223 e. The first kappa shape index (κ1) is 14.1. The molecular weight excluding hydrogens is 238 g/mol. The van der Waals surface area contributed by atoms with E-state index in [1.807, 2.05) is 30.3 Å². The van der Waals surface area contributed by atoms with Gasteiger partial charge in [0.2, 0.25) is 5.91 Å². The second-order valence-corrected chi connectivity index (χ2v) is 6.11. The van der Waals surface area contributed by atoms with Crippen molar-refractivity contribution in [2.75, 3.05) is 13.2 Å². The minimum absolute atomic E-state index is 0.143. The van der Waals surface area contributed by atoms with Gasteiger partial charge in [-0.05, 0) is 23.8 Å². The third-order valence-corrected chi connectivity index (χ3v) is 4.10. The van der Waals surface area contributed by atoms with Crippen molar-refractivity contribution >= 4 is 5.91 Å². The maximum atomic E-state index is 12.0. The molecular formula is C16H23NO2. The molecule has 0 bridgehead atoms. The third-order valence-electron chi connectivity index (χ3n) is 4.10. The zero-order valence-corrected chi connectivity index (χ0v) is 11.7. The molecule has 1 aliphatic rings. The summed E-state index contributed by atoms with van der Waals surface area (Å²) in [5, 5.41) is 12.2. The lowest BCUT2D eigenvalue weighted by Crippen LogP contribution is -2.31. The lowest BCUT2D eigenvalue weighted by Gasteiger charge is -2.17. The molecule has 0 spiro atoms. The van der Waals surface area contributed by atoms with Gasteiger partial charge in [0.25, 0.3) is 0 Å². The van der Waals surface area contributed by atoms with E-state index < -0.39 is 0 Å². The average molecular weight is 261 g/mol. The van der Waals surface area contributed by atoms with Crippen molar-refractivity contribution < 1.29 is 9.90 Å². The van der Waals surface area contributed by atoms with Gasteiger partial charge in [0.05, 0.1) is 0 Å². The summed E-state index contributed by atoms with van der Waals surface area (Å²) >= 11 is 0. The number of benzene rings is 1. The summed E-state index contributed by atoms with van der Waals surface area (Å²) in [4.78, 5) is 12.0. The Balaban J connectivity index is 1.89. The molecule has 2 atom stereocenters. The number of hydrogen-bond acceptors (Lipinski definition) is 2. The number of carbonyl (C=O) groups excluding carboxylic acids is 1. The van der Waals surface area contributed by atoms with Gasteiger partial charge in [0.15, 0.2) is 0 Å². The number of aliphatic hydroxyl groups excluding tert-OH is 1. The fourth-order valence-corrected chi connectivity index (χ4v) is 2.53. The van der Waals surface area contributed by atoms with Crippen LogP contribution >= 0.6 is 0 Å². The highest BCUT2D eigenvalue weighted by Gasteiger charge is 2.50. The van der Waals surface area contributed by atoms with Crippen molar-refractivity contribution in [1.29, 1.82) is 0 Å². The van der Waals surface area contributed by atoms with Crippen molar-refractivity contribution in [3.05, 3.63) is 35.9 Å². The molecule has 0 aromatic heterocycles. The highest BCUT2D eigenvalue weighted by molar-refractivity contribution is 5.82. The Bertz CT molecular complexity index is 428. The summed E-state index contributed by atoms with van der Waals surface area (Å²) in [6.45, 7) is 5.00. The Morgan fingerprint density at radius 1 is 1.42 bits per heavy atom. The van der Waals surface area contributed by atoms with Crippen LogP contribution in [0.4, 0.5) is 0 Å². The molecule has 1 aromatic rings. The van der Waals surface area contributed by atoms with Crippen LogP contribution in [0.15, 0.2) is 30.3 Å². The number of rotatable bonds is 6. The molecule has 0 saturated heterocycles. The molecule has 19 heavy (non-hydrogen) atoms. The van der Waals surface area contributed by atoms with E-state index in [-0.39, 0.29) is 29.8 Å². The number of amides is 1. The van der Waals surface area contributed by atoms with Gasteiger partial charge in [-0.1, -0.05) is 44.2 Å². The van der Waals surface area contributed by atoms with Crippen molar-refractivity contribution in [1.82, 2.24) is 5.32 Å². The first-order valence-corrected chi connectivity index (χ1v) is 6.98. The largest absolute Gasteiger partial charge is 0.396 e. The molecule has 1 amide bonds. The minimum atomic E-state index is 0.143. The monoisotopic (exact) mass is 261 g/mol. The van der Waals surface area contributed by atoms with Crippen molar-refractivity contribution in [2.45, 2.75) is 32.6 Å². The Labute approximate surface area is 115 Å². The van der Waals surface area contributed by atoms with Gasteiger partial charge < -0.3 is 10.4 Å². The maximum absolute atomic E-state index is 12.0. The van der Waals surface area contributed by atoms with Crippen LogP contribution in [0.3, 0.4) is 0 Å². The summed E-state index contributed by atoms with van der Waals surface area (Å²) < 4.78 is 0. The number of nitrogens with one attached hydrogen (secondary N) is 1. The van der Waals surface area contributed by atoms with Crippen molar-refractivity contribution in [2.24, 2.45) is 11.3 Å². The summed E-state index contributed by atoms with van der Waals surface area (Å²) in [6, 6.07) is 10.1. The Morgan fingerprint density at radius 2 is 2.05 bits per heavy atom. The van der Waals surface area contributed by atoms with E-state index in [4.69, 9.17) is 5.11 Å². The van der Waals surface area contributed by atoms with Crippen LogP contribution in [0.1, 0.15) is 38.2 Å². The van der Waals surface area contributed by atoms with E-state index in [9.17, 15) is 4.79 Å². The van der Waals surface area contributed by atoms with E-state index in [1.165, 1.54) is 5.56 Å². The van der Waals surface area contributed by atoms with E-state index in [2.05, 4.69) is 19.2 Å².